The SMILES string of the molecule is CNC(c1ccccc1)C(C(C)C)N1CCC(COC)C1. The predicted octanol–water partition coefficient (Wildman–Crippen LogP) is 2.94. The molecule has 1 N–H and O–H groups in total. The van der Waals surface area contributed by atoms with Crippen LogP contribution >= 0.6 is 0 Å². The fourth-order valence-electron chi connectivity index (χ4n) is 3.72. The van der Waals surface area contributed by atoms with Gasteiger partial charge in [-0.1, -0.05) is 44.2 Å². The Kier molecular flexibility index (Phi) is 6.22. The molecule has 2 rings (SSSR count). The quantitative estimate of drug-likeness (QED) is 0.835. The number of rotatable bonds is 7. The van der Waals surface area contributed by atoms with Crippen molar-refractivity contribution in [2.75, 3.05) is 33.9 Å². The van der Waals surface area contributed by atoms with E-state index in [4.69, 9.17) is 4.74 Å². The number of methoxy groups -OCH3 is 1. The van der Waals surface area contributed by atoms with E-state index >= 15 is 0 Å². The molecule has 0 aliphatic carbocycles. The van der Waals surface area contributed by atoms with Crippen LogP contribution < -0.4 is 5.32 Å². The molecular weight excluding hydrogens is 260 g/mol. The van der Waals surface area contributed by atoms with Crippen molar-refractivity contribution >= 4 is 0 Å². The summed E-state index contributed by atoms with van der Waals surface area (Å²) in [7, 11) is 3.89. The lowest BCUT2D eigenvalue weighted by Crippen LogP contribution is -2.46. The van der Waals surface area contributed by atoms with E-state index in [-0.39, 0.29) is 0 Å². The first-order valence-electron chi connectivity index (χ1n) is 8.12. The zero-order valence-electron chi connectivity index (χ0n) is 13.9. The fraction of sp³-hybridized carbons (Fsp3) is 0.667. The first-order chi connectivity index (χ1) is 10.2. The lowest BCUT2D eigenvalue weighted by molar-refractivity contribution is 0.121. The minimum absolute atomic E-state index is 0.382. The van der Waals surface area contributed by atoms with E-state index in [1.165, 1.54) is 18.5 Å². The maximum absolute atomic E-state index is 5.34. The summed E-state index contributed by atoms with van der Waals surface area (Å²) < 4.78 is 5.34. The van der Waals surface area contributed by atoms with Gasteiger partial charge in [-0.05, 0) is 37.4 Å². The number of likely N-dealkylation sites (N-methyl/N-ethyl adjacent to an activating group) is 1. The standard InChI is InChI=1S/C18H30N2O/c1-14(2)18(20-11-10-15(12-20)13-21-4)17(19-3)16-8-6-5-7-9-16/h5-9,14-15,17-19H,10-13H2,1-4H3. The minimum Gasteiger partial charge on any atom is -0.384 e. The molecule has 0 radical (unpaired) electrons. The average molecular weight is 290 g/mol. The Hall–Kier alpha value is -0.900. The van der Waals surface area contributed by atoms with E-state index in [2.05, 4.69) is 61.4 Å². The van der Waals surface area contributed by atoms with Crippen molar-refractivity contribution in [1.29, 1.82) is 0 Å². The Morgan fingerprint density at radius 3 is 2.57 bits per heavy atom. The van der Waals surface area contributed by atoms with Gasteiger partial charge in [0.15, 0.2) is 0 Å². The van der Waals surface area contributed by atoms with Gasteiger partial charge in [-0.2, -0.15) is 0 Å². The second kappa shape index (κ2) is 7.92. The molecule has 3 unspecified atom stereocenters. The van der Waals surface area contributed by atoms with Gasteiger partial charge in [0.05, 0.1) is 6.61 Å². The number of nitrogens with one attached hydrogen (secondary N) is 1. The van der Waals surface area contributed by atoms with E-state index < -0.39 is 0 Å². The molecule has 1 aliphatic rings. The summed E-state index contributed by atoms with van der Waals surface area (Å²) in [5, 5.41) is 3.55. The zero-order valence-corrected chi connectivity index (χ0v) is 13.9. The second-order valence-corrected chi connectivity index (χ2v) is 6.52. The van der Waals surface area contributed by atoms with Gasteiger partial charge >= 0.3 is 0 Å². The molecule has 21 heavy (non-hydrogen) atoms. The van der Waals surface area contributed by atoms with Crippen molar-refractivity contribution in [2.45, 2.75) is 32.4 Å². The van der Waals surface area contributed by atoms with Gasteiger partial charge in [0.2, 0.25) is 0 Å². The largest absolute Gasteiger partial charge is 0.384 e. The van der Waals surface area contributed by atoms with Crippen molar-refractivity contribution in [1.82, 2.24) is 10.2 Å². The highest BCUT2D eigenvalue weighted by Gasteiger charge is 2.34. The third kappa shape index (κ3) is 4.06. The van der Waals surface area contributed by atoms with E-state index in [0.717, 1.165) is 13.2 Å². The van der Waals surface area contributed by atoms with Crippen LogP contribution in [0.1, 0.15) is 31.9 Å². The summed E-state index contributed by atoms with van der Waals surface area (Å²) in [6.07, 6.45) is 1.25. The Bertz CT molecular complexity index is 407. The molecule has 1 heterocycles. The number of likely N-dealkylation sites (tertiary alicyclic amines) is 1. The van der Waals surface area contributed by atoms with Crippen LogP contribution in [0.5, 0.6) is 0 Å². The Balaban J connectivity index is 2.14. The van der Waals surface area contributed by atoms with Gasteiger partial charge in [-0.3, -0.25) is 4.90 Å². The van der Waals surface area contributed by atoms with E-state index in [1.807, 2.05) is 7.11 Å². The molecule has 118 valence electrons. The van der Waals surface area contributed by atoms with Gasteiger partial charge in [0, 0.05) is 25.7 Å². The predicted molar refractivity (Wildman–Crippen MR) is 88.4 cm³/mol. The van der Waals surface area contributed by atoms with Crippen molar-refractivity contribution in [3.63, 3.8) is 0 Å². The lowest BCUT2D eigenvalue weighted by Gasteiger charge is -2.38. The van der Waals surface area contributed by atoms with Crippen molar-refractivity contribution in [3.05, 3.63) is 35.9 Å². The highest BCUT2D eigenvalue weighted by atomic mass is 16.5. The van der Waals surface area contributed by atoms with Crippen LogP contribution in [0.25, 0.3) is 0 Å². The number of nitrogens with zero attached hydrogens (tertiary/aromatic N) is 1. The Morgan fingerprint density at radius 2 is 2.00 bits per heavy atom. The van der Waals surface area contributed by atoms with Crippen LogP contribution in [0.15, 0.2) is 30.3 Å². The molecule has 1 fully saturated rings. The van der Waals surface area contributed by atoms with Gasteiger partial charge < -0.3 is 10.1 Å². The topological polar surface area (TPSA) is 24.5 Å². The number of ether oxygens (including phenoxy) is 1. The molecule has 0 bridgehead atoms. The third-order valence-corrected chi connectivity index (χ3v) is 4.64. The van der Waals surface area contributed by atoms with E-state index in [1.54, 1.807) is 0 Å². The van der Waals surface area contributed by atoms with Crippen LogP contribution in [-0.2, 0) is 4.74 Å². The molecular formula is C18H30N2O. The van der Waals surface area contributed by atoms with Crippen LogP contribution in [0.4, 0.5) is 0 Å². The van der Waals surface area contributed by atoms with E-state index in [0.29, 0.717) is 23.9 Å². The van der Waals surface area contributed by atoms with Crippen LogP contribution in [0.3, 0.4) is 0 Å². The monoisotopic (exact) mass is 290 g/mol. The van der Waals surface area contributed by atoms with Crippen molar-refractivity contribution in [2.24, 2.45) is 11.8 Å². The zero-order chi connectivity index (χ0) is 15.2. The van der Waals surface area contributed by atoms with Gasteiger partial charge in [-0.15, -0.1) is 0 Å². The molecule has 1 aromatic rings. The highest BCUT2D eigenvalue weighted by Crippen LogP contribution is 2.30. The molecule has 3 atom stereocenters. The van der Waals surface area contributed by atoms with Crippen LogP contribution in [-0.4, -0.2) is 44.8 Å². The summed E-state index contributed by atoms with van der Waals surface area (Å²) in [6, 6.07) is 11.7. The molecule has 3 nitrogen and oxygen atoms in total. The number of hydrogen-bond donors (Lipinski definition) is 1. The third-order valence-electron chi connectivity index (χ3n) is 4.64. The Labute approximate surface area is 129 Å². The molecule has 1 aliphatic heterocycles. The van der Waals surface area contributed by atoms with Gasteiger partial charge in [0.1, 0.15) is 0 Å². The number of benzene rings is 1. The first-order valence-corrected chi connectivity index (χ1v) is 8.12. The molecule has 1 aromatic carbocycles. The molecule has 0 amide bonds. The molecule has 0 spiro atoms. The number of hydrogen-bond acceptors (Lipinski definition) is 3. The summed E-state index contributed by atoms with van der Waals surface area (Å²) in [6.45, 7) is 7.89. The lowest BCUT2D eigenvalue weighted by atomic mass is 9.90. The van der Waals surface area contributed by atoms with Crippen LogP contribution in [0, 0.1) is 11.8 Å². The maximum Gasteiger partial charge on any atom is 0.0503 e. The van der Waals surface area contributed by atoms with Gasteiger partial charge in [-0.25, -0.2) is 0 Å². The molecule has 0 aromatic heterocycles. The van der Waals surface area contributed by atoms with Crippen molar-refractivity contribution in [3.8, 4) is 0 Å². The summed E-state index contributed by atoms with van der Waals surface area (Å²) in [5.74, 6) is 1.30. The highest BCUT2D eigenvalue weighted by molar-refractivity contribution is 5.21. The summed E-state index contributed by atoms with van der Waals surface area (Å²) in [5.41, 5.74) is 1.38. The fourth-order valence-corrected chi connectivity index (χ4v) is 3.72. The maximum atomic E-state index is 5.34. The normalized spacial score (nSPS) is 22.6. The first kappa shape index (κ1) is 16.5. The second-order valence-electron chi connectivity index (χ2n) is 6.52. The summed E-state index contributed by atoms with van der Waals surface area (Å²) in [4.78, 5) is 2.66. The molecule has 1 saturated heterocycles. The van der Waals surface area contributed by atoms with Crippen molar-refractivity contribution < 1.29 is 4.74 Å². The molecule has 3 heteroatoms. The Morgan fingerprint density at radius 1 is 1.29 bits per heavy atom. The molecule has 0 saturated carbocycles. The average Bonchev–Trinajstić information content (AvgIpc) is 2.93. The van der Waals surface area contributed by atoms with Gasteiger partial charge in [0.25, 0.3) is 0 Å². The van der Waals surface area contributed by atoms with Crippen LogP contribution in [0.2, 0.25) is 0 Å². The summed E-state index contributed by atoms with van der Waals surface area (Å²) >= 11 is 0. The minimum atomic E-state index is 0.382. The van der Waals surface area contributed by atoms with E-state index in [9.17, 15) is 0 Å². The smallest absolute Gasteiger partial charge is 0.0503 e.